The summed E-state index contributed by atoms with van der Waals surface area (Å²) in [6.45, 7) is 1.83. The van der Waals surface area contributed by atoms with E-state index in [2.05, 4.69) is 10.2 Å². The third-order valence-electron chi connectivity index (χ3n) is 5.81. The van der Waals surface area contributed by atoms with E-state index in [0.29, 0.717) is 25.3 Å². The summed E-state index contributed by atoms with van der Waals surface area (Å²) < 4.78 is 13.9. The SMILES string of the molecule is CN(C(=O)Cc1ccc2c(c1)NC(=O)CS2)[C@H](CN1CC[C@@H](O)C1)c1cccc(F)c1. The standard InChI is InChI=1S/C23H26FN3O3S/c1-26(23(30)10-15-5-6-21-19(9-15)25-22(29)14-31-21)20(13-27-8-7-18(28)12-27)16-3-2-4-17(24)11-16/h2-6,9,11,18,20,28H,7-8,10,12-14H2,1H3,(H,25,29)/t18-,20-/m1/s1. The highest BCUT2D eigenvalue weighted by atomic mass is 32.2. The number of carbonyl (C=O) groups is 2. The molecule has 31 heavy (non-hydrogen) atoms. The second-order valence-corrected chi connectivity index (χ2v) is 9.14. The number of nitrogens with zero attached hydrogens (tertiary/aromatic N) is 2. The number of fused-ring (bicyclic) bond motifs is 1. The third-order valence-corrected chi connectivity index (χ3v) is 6.88. The first-order valence-corrected chi connectivity index (χ1v) is 11.3. The van der Waals surface area contributed by atoms with Crippen LogP contribution in [0, 0.1) is 5.82 Å². The summed E-state index contributed by atoms with van der Waals surface area (Å²) in [5.74, 6) is -0.0809. The largest absolute Gasteiger partial charge is 0.392 e. The van der Waals surface area contributed by atoms with Crippen LogP contribution in [0.3, 0.4) is 0 Å². The quantitative estimate of drug-likeness (QED) is 0.718. The number of anilines is 1. The number of likely N-dealkylation sites (N-methyl/N-ethyl adjacent to an activating group) is 1. The Bertz CT molecular complexity index is 986. The third kappa shape index (κ3) is 5.26. The number of aliphatic hydroxyl groups is 1. The number of thioether (sulfide) groups is 1. The number of β-amino-alcohol motifs (C(OH)–C–C–N with tert-alkyl or cyclic N) is 1. The van der Waals surface area contributed by atoms with E-state index in [1.165, 1.54) is 23.9 Å². The van der Waals surface area contributed by atoms with Crippen molar-refractivity contribution in [3.63, 3.8) is 0 Å². The van der Waals surface area contributed by atoms with Crippen molar-refractivity contribution in [2.45, 2.75) is 29.9 Å². The molecule has 2 atom stereocenters. The van der Waals surface area contributed by atoms with Gasteiger partial charge in [-0.15, -0.1) is 11.8 Å². The fraction of sp³-hybridized carbons (Fsp3) is 0.391. The minimum atomic E-state index is -0.363. The second kappa shape index (κ2) is 9.38. The van der Waals surface area contributed by atoms with Crippen LogP contribution in [-0.4, -0.2) is 65.3 Å². The van der Waals surface area contributed by atoms with Crippen LogP contribution >= 0.6 is 11.8 Å². The summed E-state index contributed by atoms with van der Waals surface area (Å²) in [5.41, 5.74) is 2.28. The Morgan fingerprint density at radius 3 is 2.94 bits per heavy atom. The van der Waals surface area contributed by atoms with E-state index < -0.39 is 0 Å². The molecular weight excluding hydrogens is 417 g/mol. The van der Waals surface area contributed by atoms with E-state index in [9.17, 15) is 19.1 Å². The number of hydrogen-bond donors (Lipinski definition) is 2. The molecule has 0 aliphatic carbocycles. The van der Waals surface area contributed by atoms with Gasteiger partial charge in [-0.05, 0) is 41.8 Å². The van der Waals surface area contributed by atoms with Crippen LogP contribution in [0.15, 0.2) is 47.4 Å². The summed E-state index contributed by atoms with van der Waals surface area (Å²) in [5, 5.41) is 12.7. The van der Waals surface area contributed by atoms with Gasteiger partial charge in [0, 0.05) is 31.6 Å². The molecule has 0 spiro atoms. The van der Waals surface area contributed by atoms with Gasteiger partial charge in [0.15, 0.2) is 0 Å². The van der Waals surface area contributed by atoms with Crippen LogP contribution in [0.5, 0.6) is 0 Å². The summed E-state index contributed by atoms with van der Waals surface area (Å²) in [7, 11) is 1.74. The molecule has 164 valence electrons. The second-order valence-electron chi connectivity index (χ2n) is 8.12. The van der Waals surface area contributed by atoms with E-state index in [4.69, 9.17) is 0 Å². The van der Waals surface area contributed by atoms with Crippen molar-refractivity contribution in [2.24, 2.45) is 0 Å². The molecule has 0 radical (unpaired) electrons. The van der Waals surface area contributed by atoms with Crippen molar-refractivity contribution in [3.05, 3.63) is 59.4 Å². The van der Waals surface area contributed by atoms with Gasteiger partial charge in [-0.1, -0.05) is 18.2 Å². The molecule has 8 heteroatoms. The normalized spacial score (nSPS) is 19.6. The van der Waals surface area contributed by atoms with E-state index in [0.717, 1.165) is 28.3 Å². The van der Waals surface area contributed by atoms with E-state index in [-0.39, 0.29) is 36.2 Å². The zero-order valence-electron chi connectivity index (χ0n) is 17.4. The van der Waals surface area contributed by atoms with Crippen molar-refractivity contribution in [1.29, 1.82) is 0 Å². The van der Waals surface area contributed by atoms with Gasteiger partial charge in [-0.2, -0.15) is 0 Å². The number of amides is 2. The van der Waals surface area contributed by atoms with Gasteiger partial charge in [0.1, 0.15) is 5.82 Å². The first-order chi connectivity index (χ1) is 14.9. The molecule has 0 unspecified atom stereocenters. The fourth-order valence-corrected chi connectivity index (χ4v) is 4.89. The summed E-state index contributed by atoms with van der Waals surface area (Å²) in [6, 6.07) is 11.7. The minimum absolute atomic E-state index is 0.0444. The zero-order valence-corrected chi connectivity index (χ0v) is 18.2. The van der Waals surface area contributed by atoms with Crippen molar-refractivity contribution in [1.82, 2.24) is 9.80 Å². The number of nitrogens with one attached hydrogen (secondary N) is 1. The monoisotopic (exact) mass is 443 g/mol. The molecule has 2 N–H and O–H groups in total. The first kappa shape index (κ1) is 21.8. The van der Waals surface area contributed by atoms with Gasteiger partial charge in [0.25, 0.3) is 0 Å². The lowest BCUT2D eigenvalue weighted by atomic mass is 10.0. The van der Waals surface area contributed by atoms with Crippen LogP contribution in [0.2, 0.25) is 0 Å². The number of likely N-dealkylation sites (tertiary alicyclic amines) is 1. The summed E-state index contributed by atoms with van der Waals surface area (Å²) >= 11 is 1.48. The Morgan fingerprint density at radius 1 is 1.35 bits per heavy atom. The molecule has 1 saturated heterocycles. The van der Waals surface area contributed by atoms with Crippen molar-refractivity contribution in [3.8, 4) is 0 Å². The van der Waals surface area contributed by atoms with Crippen LogP contribution in [-0.2, 0) is 16.0 Å². The fourth-order valence-electron chi connectivity index (χ4n) is 4.10. The highest BCUT2D eigenvalue weighted by Crippen LogP contribution is 2.32. The molecule has 0 saturated carbocycles. The van der Waals surface area contributed by atoms with Crippen LogP contribution in [0.25, 0.3) is 0 Å². The Hall–Kier alpha value is -2.42. The van der Waals surface area contributed by atoms with Crippen LogP contribution in [0.1, 0.15) is 23.6 Å². The number of hydrogen-bond acceptors (Lipinski definition) is 5. The van der Waals surface area contributed by atoms with Crippen molar-refractivity contribution < 1.29 is 19.1 Å². The van der Waals surface area contributed by atoms with Gasteiger partial charge in [0.2, 0.25) is 11.8 Å². The molecule has 2 heterocycles. The van der Waals surface area contributed by atoms with E-state index in [1.807, 2.05) is 24.3 Å². The topological polar surface area (TPSA) is 72.9 Å². The number of benzene rings is 2. The minimum Gasteiger partial charge on any atom is -0.392 e. The highest BCUT2D eigenvalue weighted by Gasteiger charge is 2.28. The molecule has 2 aliphatic rings. The molecule has 2 aromatic carbocycles. The maximum Gasteiger partial charge on any atom is 0.234 e. The average Bonchev–Trinajstić information content (AvgIpc) is 3.16. The van der Waals surface area contributed by atoms with E-state index >= 15 is 0 Å². The zero-order chi connectivity index (χ0) is 22.0. The average molecular weight is 444 g/mol. The van der Waals surface area contributed by atoms with Gasteiger partial charge < -0.3 is 15.3 Å². The van der Waals surface area contributed by atoms with Crippen molar-refractivity contribution >= 4 is 29.3 Å². The number of halogens is 1. The smallest absolute Gasteiger partial charge is 0.234 e. The number of rotatable bonds is 6. The molecule has 6 nitrogen and oxygen atoms in total. The molecule has 0 aromatic heterocycles. The Kier molecular flexibility index (Phi) is 6.60. The Labute approximate surface area is 185 Å². The van der Waals surface area contributed by atoms with Gasteiger partial charge in [0.05, 0.1) is 30.0 Å². The molecule has 4 rings (SSSR count). The Balaban J connectivity index is 1.51. The number of aliphatic hydroxyl groups excluding tert-OH is 1. The first-order valence-electron chi connectivity index (χ1n) is 10.4. The summed E-state index contributed by atoms with van der Waals surface area (Å²) in [6.07, 6.45) is 0.517. The molecule has 0 bridgehead atoms. The van der Waals surface area contributed by atoms with Crippen LogP contribution in [0.4, 0.5) is 10.1 Å². The summed E-state index contributed by atoms with van der Waals surface area (Å²) in [4.78, 5) is 29.6. The van der Waals surface area contributed by atoms with Crippen molar-refractivity contribution in [2.75, 3.05) is 37.8 Å². The Morgan fingerprint density at radius 2 is 2.19 bits per heavy atom. The van der Waals surface area contributed by atoms with Gasteiger partial charge in [-0.25, -0.2) is 4.39 Å². The van der Waals surface area contributed by atoms with Gasteiger partial charge >= 0.3 is 0 Å². The predicted octanol–water partition coefficient (Wildman–Crippen LogP) is 2.68. The van der Waals surface area contributed by atoms with Crippen LogP contribution < -0.4 is 5.32 Å². The molecule has 2 amide bonds. The van der Waals surface area contributed by atoms with E-state index in [1.54, 1.807) is 18.0 Å². The number of carbonyl (C=O) groups excluding carboxylic acids is 2. The lowest BCUT2D eigenvalue weighted by Crippen LogP contribution is -2.39. The molecular formula is C23H26FN3O3S. The maximum atomic E-state index is 13.9. The predicted molar refractivity (Wildman–Crippen MR) is 118 cm³/mol. The maximum absolute atomic E-state index is 13.9. The lowest BCUT2D eigenvalue weighted by Gasteiger charge is -2.32. The lowest BCUT2D eigenvalue weighted by molar-refractivity contribution is -0.131. The molecule has 1 fully saturated rings. The van der Waals surface area contributed by atoms with Gasteiger partial charge in [-0.3, -0.25) is 14.5 Å². The highest BCUT2D eigenvalue weighted by molar-refractivity contribution is 8.00. The molecule has 2 aliphatic heterocycles. The molecule has 2 aromatic rings.